The van der Waals surface area contributed by atoms with Crippen molar-refractivity contribution in [2.75, 3.05) is 26.4 Å². The van der Waals surface area contributed by atoms with Gasteiger partial charge in [0.25, 0.3) is 0 Å². The van der Waals surface area contributed by atoms with E-state index in [9.17, 15) is 28.9 Å². The summed E-state index contributed by atoms with van der Waals surface area (Å²) in [4.78, 5) is 48.4. The third-order valence-electron chi connectivity index (χ3n) is 11.6. The molecule has 0 spiro atoms. The van der Waals surface area contributed by atoms with Crippen molar-refractivity contribution in [2.24, 2.45) is 0 Å². The van der Waals surface area contributed by atoms with Gasteiger partial charge in [0.05, 0.1) is 26.2 Å². The highest BCUT2D eigenvalue weighted by Crippen LogP contribution is 2.43. The first-order chi connectivity index (χ1) is 34.2. The summed E-state index contributed by atoms with van der Waals surface area (Å²) in [6.07, 6.45) is 57.5. The van der Waals surface area contributed by atoms with Crippen LogP contribution in [0.1, 0.15) is 239 Å². The van der Waals surface area contributed by atoms with Crippen molar-refractivity contribution in [3.8, 4) is 0 Å². The van der Waals surface area contributed by atoms with E-state index in [-0.39, 0.29) is 25.9 Å². The Morgan fingerprint density at radius 3 is 1.24 bits per heavy atom. The highest BCUT2D eigenvalue weighted by molar-refractivity contribution is 7.47. The fraction of sp³-hybridized carbons (Fsp3) is 0.741. The number of aliphatic hydroxyl groups is 1. The molecule has 0 aliphatic heterocycles. The van der Waals surface area contributed by atoms with Crippen LogP contribution in [0.4, 0.5) is 0 Å². The predicted molar refractivity (Wildman–Crippen MR) is 288 cm³/mol. The van der Waals surface area contributed by atoms with Gasteiger partial charge in [-0.15, -0.1) is 0 Å². The lowest BCUT2D eigenvalue weighted by molar-refractivity contribution is -0.160. The number of hydrogen-bond acceptors (Lipinski definition) is 10. The molecular weight excluding hydrogens is 904 g/mol. The number of phosphoric ester groups is 1. The van der Waals surface area contributed by atoms with E-state index in [1.54, 1.807) is 6.08 Å². The highest BCUT2D eigenvalue weighted by atomic mass is 31.2. The fourth-order valence-corrected chi connectivity index (χ4v) is 8.21. The van der Waals surface area contributed by atoms with Gasteiger partial charge in [0, 0.05) is 12.8 Å². The van der Waals surface area contributed by atoms with Gasteiger partial charge in [-0.2, -0.15) is 0 Å². The zero-order valence-corrected chi connectivity index (χ0v) is 45.4. The number of phosphoric acid groups is 1. The molecule has 0 aromatic heterocycles. The van der Waals surface area contributed by atoms with Crippen LogP contribution in [-0.2, 0) is 42.2 Å². The molecule has 12 heteroatoms. The second-order valence-corrected chi connectivity index (χ2v) is 19.8. The van der Waals surface area contributed by atoms with E-state index in [4.69, 9.17) is 23.3 Å². The summed E-state index contributed by atoms with van der Waals surface area (Å²) in [5.74, 6) is -1.62. The molecule has 0 aromatic carbocycles. The van der Waals surface area contributed by atoms with Gasteiger partial charge in [-0.3, -0.25) is 23.4 Å². The Morgan fingerprint density at radius 2 is 0.800 bits per heavy atom. The first-order valence-corrected chi connectivity index (χ1v) is 29.3. The fourth-order valence-electron chi connectivity index (χ4n) is 7.43. The van der Waals surface area contributed by atoms with Crippen molar-refractivity contribution >= 4 is 25.7 Å². The van der Waals surface area contributed by atoms with Crippen LogP contribution in [0.3, 0.4) is 0 Å². The molecule has 0 aromatic rings. The first-order valence-electron chi connectivity index (χ1n) is 27.8. The first kappa shape index (κ1) is 66.9. The number of carbonyl (C=O) groups is 3. The molecule has 0 saturated heterocycles. The highest BCUT2D eigenvalue weighted by Gasteiger charge is 2.28. The van der Waals surface area contributed by atoms with Gasteiger partial charge >= 0.3 is 25.7 Å². The average molecular weight is 1010 g/mol. The minimum absolute atomic E-state index is 0.0664. The summed E-state index contributed by atoms with van der Waals surface area (Å²) in [6, 6.07) is 0. The van der Waals surface area contributed by atoms with Gasteiger partial charge in [-0.05, 0) is 70.6 Å². The number of ether oxygens (including phenoxy) is 3. The molecule has 0 fully saturated rings. The van der Waals surface area contributed by atoms with Crippen LogP contribution in [0.25, 0.3) is 0 Å². The van der Waals surface area contributed by atoms with Crippen molar-refractivity contribution in [1.29, 1.82) is 0 Å². The zero-order valence-electron chi connectivity index (χ0n) is 44.5. The summed E-state index contributed by atoms with van der Waals surface area (Å²) in [6.45, 7) is 4.41. The predicted octanol–water partition coefficient (Wildman–Crippen LogP) is 16.1. The van der Waals surface area contributed by atoms with Crippen LogP contribution >= 0.6 is 7.82 Å². The second-order valence-electron chi connectivity index (χ2n) is 18.4. The molecule has 0 bridgehead atoms. The van der Waals surface area contributed by atoms with Gasteiger partial charge in [0.1, 0.15) is 12.7 Å². The number of esters is 3. The normalized spacial score (nSPS) is 14.0. The van der Waals surface area contributed by atoms with E-state index in [0.29, 0.717) is 19.3 Å². The maximum atomic E-state index is 12.9. The zero-order chi connectivity index (χ0) is 51.3. The quantitative estimate of drug-likeness (QED) is 0.0197. The largest absolute Gasteiger partial charge is 0.472 e. The molecule has 0 aliphatic rings. The molecule has 0 saturated carbocycles. The lowest BCUT2D eigenvalue weighted by Gasteiger charge is -2.21. The maximum Gasteiger partial charge on any atom is 0.472 e. The van der Waals surface area contributed by atoms with Crippen molar-refractivity contribution in [1.82, 2.24) is 0 Å². The lowest BCUT2D eigenvalue weighted by Crippen LogP contribution is -2.30. The third kappa shape index (κ3) is 49.9. The van der Waals surface area contributed by atoms with E-state index in [1.165, 1.54) is 96.3 Å². The van der Waals surface area contributed by atoms with E-state index >= 15 is 0 Å². The molecular formula is C58H101O11P. The van der Waals surface area contributed by atoms with Crippen LogP contribution in [0.15, 0.2) is 72.9 Å². The Hall–Kier alpha value is -3.08. The summed E-state index contributed by atoms with van der Waals surface area (Å²) >= 11 is 0. The maximum absolute atomic E-state index is 12.9. The van der Waals surface area contributed by atoms with Gasteiger partial charge in [-0.1, -0.05) is 222 Å². The Kier molecular flexibility index (Phi) is 50.0. The lowest BCUT2D eigenvalue weighted by atomic mass is 10.0. The molecule has 0 amide bonds. The molecule has 0 rings (SSSR count). The number of rotatable bonds is 51. The molecule has 404 valence electrons. The standard InChI is InChI=1S/C58H101O11P/c1-4-7-10-13-16-19-22-25-27-30-32-35-38-41-44-47-56(60)65-51-55(69-58(62)49-46-43-40-37-34-31-28-26-23-20-17-14-11-8-5-2)53-67-70(63,64)66-52-54(50-59)68-57(61)48-45-42-39-36-33-29-24-21-18-15-12-9-6-3/h8,11,17,20,25-28,34,37,43,46,54-55,59H,4-7,9-10,12-16,18-19,21-24,29-33,35-36,38-42,44-45,47-53H2,1-3H3,(H,63,64)/b11-8-,20-17-,27-25-,28-26-,37-34-,46-43-. The summed E-state index contributed by atoms with van der Waals surface area (Å²) in [7, 11) is -4.77. The monoisotopic (exact) mass is 1000 g/mol. The van der Waals surface area contributed by atoms with Crippen LogP contribution < -0.4 is 0 Å². The van der Waals surface area contributed by atoms with Crippen LogP contribution in [-0.4, -0.2) is 66.5 Å². The van der Waals surface area contributed by atoms with E-state index < -0.39 is 57.8 Å². The van der Waals surface area contributed by atoms with Crippen molar-refractivity contribution in [3.05, 3.63) is 72.9 Å². The minimum Gasteiger partial charge on any atom is -0.462 e. The Bertz CT molecular complexity index is 1450. The molecule has 3 atom stereocenters. The molecule has 3 unspecified atom stereocenters. The minimum atomic E-state index is -4.77. The van der Waals surface area contributed by atoms with E-state index in [0.717, 1.165) is 83.5 Å². The molecule has 0 heterocycles. The van der Waals surface area contributed by atoms with Crippen molar-refractivity contribution in [2.45, 2.75) is 251 Å². The molecule has 70 heavy (non-hydrogen) atoms. The number of carbonyl (C=O) groups excluding carboxylic acids is 3. The van der Waals surface area contributed by atoms with Crippen LogP contribution in [0.5, 0.6) is 0 Å². The van der Waals surface area contributed by atoms with Gasteiger partial charge in [0.2, 0.25) is 0 Å². The smallest absolute Gasteiger partial charge is 0.462 e. The summed E-state index contributed by atoms with van der Waals surface area (Å²) in [5, 5.41) is 9.79. The van der Waals surface area contributed by atoms with Crippen molar-refractivity contribution in [3.63, 3.8) is 0 Å². The topological polar surface area (TPSA) is 155 Å². The van der Waals surface area contributed by atoms with E-state index in [1.807, 2.05) is 12.2 Å². The molecule has 11 nitrogen and oxygen atoms in total. The molecule has 0 radical (unpaired) electrons. The van der Waals surface area contributed by atoms with Gasteiger partial charge in [0.15, 0.2) is 6.10 Å². The molecule has 2 N–H and O–H groups in total. The van der Waals surface area contributed by atoms with Crippen LogP contribution in [0.2, 0.25) is 0 Å². The van der Waals surface area contributed by atoms with Gasteiger partial charge in [-0.25, -0.2) is 4.57 Å². The number of aliphatic hydroxyl groups excluding tert-OH is 1. The number of allylic oxidation sites excluding steroid dienone is 11. The summed E-state index contributed by atoms with van der Waals surface area (Å²) < 4.78 is 39.3. The summed E-state index contributed by atoms with van der Waals surface area (Å²) in [5.41, 5.74) is 0. The second kappa shape index (κ2) is 52.2. The number of unbranched alkanes of at least 4 members (excludes halogenated alkanes) is 23. The number of hydrogen-bond donors (Lipinski definition) is 2. The average Bonchev–Trinajstić information content (AvgIpc) is 3.35. The third-order valence-corrected chi connectivity index (χ3v) is 12.6. The van der Waals surface area contributed by atoms with Gasteiger partial charge < -0.3 is 24.2 Å². The Morgan fingerprint density at radius 1 is 0.429 bits per heavy atom. The Labute approximate surface area is 427 Å². The SMILES string of the molecule is CC/C=C\C/C=C\C/C=C\C/C=C\C/C=C\CC(=O)OC(COC(=O)CCCCCCC/C=C\CCCCCCCC)COP(=O)(O)OCC(CO)OC(=O)CCCCCCCCCCCCCCC. The molecule has 0 aliphatic carbocycles. The van der Waals surface area contributed by atoms with Crippen LogP contribution in [0, 0.1) is 0 Å². The van der Waals surface area contributed by atoms with E-state index in [2.05, 4.69) is 75.5 Å². The Balaban J connectivity index is 4.84. The van der Waals surface area contributed by atoms with Crippen molar-refractivity contribution < 1.29 is 52.2 Å².